The zero-order valence-corrected chi connectivity index (χ0v) is 10.5. The highest BCUT2D eigenvalue weighted by Gasteiger charge is 2.10. The van der Waals surface area contributed by atoms with E-state index < -0.39 is 0 Å². The number of rotatable bonds is 4. The van der Waals surface area contributed by atoms with Crippen molar-refractivity contribution in [2.45, 2.75) is 32.8 Å². The van der Waals surface area contributed by atoms with Gasteiger partial charge in [0.1, 0.15) is 5.75 Å². The molecule has 0 aliphatic rings. The van der Waals surface area contributed by atoms with Gasteiger partial charge < -0.3 is 4.74 Å². The zero-order chi connectivity index (χ0) is 10.6. The fraction of sp³-hybridized carbons (Fsp3) is 0.500. The summed E-state index contributed by atoms with van der Waals surface area (Å²) in [5.74, 6) is 1.50. The molecule has 0 aliphatic heterocycles. The molecule has 1 aromatic carbocycles. The van der Waals surface area contributed by atoms with Gasteiger partial charge in [-0.25, -0.2) is 0 Å². The molecule has 0 fully saturated rings. The first kappa shape index (κ1) is 11.6. The number of benzene rings is 1. The molecule has 0 saturated carbocycles. The molecule has 0 radical (unpaired) electrons. The summed E-state index contributed by atoms with van der Waals surface area (Å²) in [6.45, 7) is 6.29. The quantitative estimate of drug-likeness (QED) is 0.741. The molecule has 1 unspecified atom stereocenters. The summed E-state index contributed by atoms with van der Waals surface area (Å²) in [6, 6.07) is 8.24. The van der Waals surface area contributed by atoms with E-state index in [2.05, 4.69) is 48.8 Å². The predicted octanol–water partition coefficient (Wildman–Crippen LogP) is 3.97. The van der Waals surface area contributed by atoms with Crippen molar-refractivity contribution in [3.05, 3.63) is 29.8 Å². The average Bonchev–Trinajstić information content (AvgIpc) is 2.16. The lowest BCUT2D eigenvalue weighted by atomic mass is 10.0. The molecule has 1 rings (SSSR count). The molecule has 1 aromatic rings. The smallest absolute Gasteiger partial charge is 0.123 e. The van der Waals surface area contributed by atoms with Crippen LogP contribution in [0.3, 0.4) is 0 Å². The molecule has 0 aromatic heterocycles. The van der Waals surface area contributed by atoms with Gasteiger partial charge in [-0.05, 0) is 31.4 Å². The van der Waals surface area contributed by atoms with E-state index in [4.69, 9.17) is 4.74 Å². The summed E-state index contributed by atoms with van der Waals surface area (Å²) < 4.78 is 5.75. The summed E-state index contributed by atoms with van der Waals surface area (Å²) in [5, 5.41) is 0.964. The van der Waals surface area contributed by atoms with Gasteiger partial charge in [0.25, 0.3) is 0 Å². The summed E-state index contributed by atoms with van der Waals surface area (Å²) in [5.41, 5.74) is 1.28. The molecule has 1 atom stereocenters. The topological polar surface area (TPSA) is 9.23 Å². The third-order valence-corrected chi connectivity index (χ3v) is 3.02. The van der Waals surface area contributed by atoms with Crippen LogP contribution >= 0.6 is 15.9 Å². The van der Waals surface area contributed by atoms with Crippen molar-refractivity contribution in [1.82, 2.24) is 0 Å². The van der Waals surface area contributed by atoms with E-state index in [-0.39, 0.29) is 6.10 Å². The molecule has 2 heteroatoms. The standard InChI is InChI=1S/C12H17BrO/c1-9(2)14-12-7-5-4-6-11(12)10(3)8-13/h4-7,9-10H,8H2,1-3H3. The van der Waals surface area contributed by atoms with Crippen LogP contribution in [-0.2, 0) is 0 Å². The molecular weight excluding hydrogens is 240 g/mol. The van der Waals surface area contributed by atoms with Gasteiger partial charge in [0.05, 0.1) is 6.10 Å². The second-order valence-electron chi connectivity index (χ2n) is 3.76. The zero-order valence-electron chi connectivity index (χ0n) is 8.96. The molecule has 0 bridgehead atoms. The van der Waals surface area contributed by atoms with Crippen LogP contribution in [0.25, 0.3) is 0 Å². The lowest BCUT2D eigenvalue weighted by Gasteiger charge is -2.17. The molecular formula is C12H17BrO. The summed E-state index contributed by atoms with van der Waals surface area (Å²) in [6.07, 6.45) is 0.235. The van der Waals surface area contributed by atoms with Crippen LogP contribution in [0.2, 0.25) is 0 Å². The first-order valence-corrected chi connectivity index (χ1v) is 6.08. The van der Waals surface area contributed by atoms with Crippen molar-refractivity contribution >= 4 is 15.9 Å². The maximum atomic E-state index is 5.75. The first-order valence-electron chi connectivity index (χ1n) is 4.96. The Bertz CT molecular complexity index is 283. The number of para-hydroxylation sites is 1. The monoisotopic (exact) mass is 256 g/mol. The Morgan fingerprint density at radius 2 is 1.86 bits per heavy atom. The van der Waals surface area contributed by atoms with Crippen molar-refractivity contribution in [2.24, 2.45) is 0 Å². The van der Waals surface area contributed by atoms with Crippen LogP contribution in [0.1, 0.15) is 32.3 Å². The molecule has 0 N–H and O–H groups in total. The molecule has 0 aliphatic carbocycles. The van der Waals surface area contributed by atoms with Crippen molar-refractivity contribution in [3.63, 3.8) is 0 Å². The normalized spacial score (nSPS) is 12.9. The highest BCUT2D eigenvalue weighted by Crippen LogP contribution is 2.28. The fourth-order valence-corrected chi connectivity index (χ4v) is 1.68. The van der Waals surface area contributed by atoms with E-state index in [1.54, 1.807) is 0 Å². The Kier molecular flexibility index (Phi) is 4.46. The van der Waals surface area contributed by atoms with E-state index >= 15 is 0 Å². The predicted molar refractivity (Wildman–Crippen MR) is 64.4 cm³/mol. The molecule has 78 valence electrons. The largest absolute Gasteiger partial charge is 0.491 e. The summed E-state index contributed by atoms with van der Waals surface area (Å²) in [7, 11) is 0. The lowest BCUT2D eigenvalue weighted by Crippen LogP contribution is -2.08. The van der Waals surface area contributed by atoms with Gasteiger partial charge in [-0.15, -0.1) is 0 Å². The lowest BCUT2D eigenvalue weighted by molar-refractivity contribution is 0.239. The Morgan fingerprint density at radius 1 is 1.21 bits per heavy atom. The summed E-state index contributed by atoms with van der Waals surface area (Å²) >= 11 is 3.50. The van der Waals surface area contributed by atoms with Gasteiger partial charge in [-0.3, -0.25) is 0 Å². The Labute approximate surface area is 94.6 Å². The van der Waals surface area contributed by atoms with Gasteiger partial charge in [0.2, 0.25) is 0 Å². The number of halogens is 1. The van der Waals surface area contributed by atoms with Crippen molar-refractivity contribution in [2.75, 3.05) is 5.33 Å². The summed E-state index contributed by atoms with van der Waals surface area (Å²) in [4.78, 5) is 0. The minimum atomic E-state index is 0.235. The Balaban J connectivity index is 2.91. The third-order valence-electron chi connectivity index (χ3n) is 2.04. The minimum absolute atomic E-state index is 0.235. The number of hydrogen-bond donors (Lipinski definition) is 0. The van der Waals surface area contributed by atoms with Gasteiger partial charge >= 0.3 is 0 Å². The average molecular weight is 257 g/mol. The first-order chi connectivity index (χ1) is 6.65. The van der Waals surface area contributed by atoms with E-state index in [1.165, 1.54) is 5.56 Å². The van der Waals surface area contributed by atoms with Gasteiger partial charge in [-0.1, -0.05) is 41.1 Å². The van der Waals surface area contributed by atoms with E-state index in [0.29, 0.717) is 5.92 Å². The number of ether oxygens (including phenoxy) is 1. The van der Waals surface area contributed by atoms with Crippen LogP contribution in [0.15, 0.2) is 24.3 Å². The van der Waals surface area contributed by atoms with Crippen LogP contribution in [-0.4, -0.2) is 11.4 Å². The van der Waals surface area contributed by atoms with Gasteiger partial charge in [0, 0.05) is 5.33 Å². The van der Waals surface area contributed by atoms with E-state index in [0.717, 1.165) is 11.1 Å². The fourth-order valence-electron chi connectivity index (χ4n) is 1.33. The molecule has 0 spiro atoms. The Morgan fingerprint density at radius 3 is 2.43 bits per heavy atom. The SMILES string of the molecule is CC(C)Oc1ccccc1C(C)CBr. The molecule has 0 amide bonds. The maximum absolute atomic E-state index is 5.75. The second kappa shape index (κ2) is 5.40. The highest BCUT2D eigenvalue weighted by atomic mass is 79.9. The van der Waals surface area contributed by atoms with Crippen LogP contribution < -0.4 is 4.74 Å². The molecule has 1 nitrogen and oxygen atoms in total. The van der Waals surface area contributed by atoms with E-state index in [9.17, 15) is 0 Å². The number of alkyl halides is 1. The van der Waals surface area contributed by atoms with Crippen molar-refractivity contribution in [3.8, 4) is 5.75 Å². The van der Waals surface area contributed by atoms with Gasteiger partial charge in [0.15, 0.2) is 0 Å². The maximum Gasteiger partial charge on any atom is 0.123 e. The molecule has 0 saturated heterocycles. The third kappa shape index (κ3) is 3.02. The Hall–Kier alpha value is -0.500. The van der Waals surface area contributed by atoms with E-state index in [1.807, 2.05) is 12.1 Å². The number of hydrogen-bond acceptors (Lipinski definition) is 1. The van der Waals surface area contributed by atoms with Gasteiger partial charge in [-0.2, -0.15) is 0 Å². The molecule has 0 heterocycles. The van der Waals surface area contributed by atoms with Crippen molar-refractivity contribution in [1.29, 1.82) is 0 Å². The van der Waals surface area contributed by atoms with Crippen LogP contribution in [0, 0.1) is 0 Å². The minimum Gasteiger partial charge on any atom is -0.491 e. The van der Waals surface area contributed by atoms with Crippen molar-refractivity contribution < 1.29 is 4.74 Å². The molecule has 14 heavy (non-hydrogen) atoms. The van der Waals surface area contributed by atoms with Crippen LogP contribution in [0.5, 0.6) is 5.75 Å². The second-order valence-corrected chi connectivity index (χ2v) is 4.41. The van der Waals surface area contributed by atoms with Crippen LogP contribution in [0.4, 0.5) is 0 Å². The highest BCUT2D eigenvalue weighted by molar-refractivity contribution is 9.09.